The number of pyridine rings is 1. The van der Waals surface area contributed by atoms with Gasteiger partial charge in [-0.1, -0.05) is 11.2 Å². The molecule has 6 heteroatoms. The van der Waals surface area contributed by atoms with Crippen molar-refractivity contribution in [3.63, 3.8) is 0 Å². The zero-order valence-corrected chi connectivity index (χ0v) is 8.79. The van der Waals surface area contributed by atoms with E-state index in [2.05, 4.69) is 20.3 Å². The quantitative estimate of drug-likeness (QED) is 0.695. The predicted octanol–water partition coefficient (Wildman–Crippen LogP) is 1.71. The summed E-state index contributed by atoms with van der Waals surface area (Å²) in [6.07, 6.45) is 5.06. The molecule has 0 radical (unpaired) electrons. The highest BCUT2D eigenvalue weighted by Gasteiger charge is 2.18. The molecule has 0 spiro atoms. The Labute approximate surface area is 96.5 Å². The average Bonchev–Trinajstić information content (AvgIpc) is 2.98. The molecule has 3 N–H and O–H groups in total. The molecule has 0 aliphatic rings. The van der Waals surface area contributed by atoms with Crippen molar-refractivity contribution >= 4 is 5.82 Å². The van der Waals surface area contributed by atoms with Crippen LogP contribution >= 0.6 is 0 Å². The molecule has 0 atom stereocenters. The van der Waals surface area contributed by atoms with Crippen molar-refractivity contribution in [3.05, 3.63) is 36.8 Å². The largest absolute Gasteiger partial charge is 0.380 e. The molecule has 0 aliphatic carbocycles. The first kappa shape index (κ1) is 9.59. The molecule has 3 aromatic heterocycles. The number of aromatic nitrogens is 4. The Hall–Kier alpha value is -2.63. The Balaban J connectivity index is 2.20. The summed E-state index contributed by atoms with van der Waals surface area (Å²) in [6.45, 7) is 0. The molecule has 0 amide bonds. The van der Waals surface area contributed by atoms with Crippen molar-refractivity contribution in [2.45, 2.75) is 0 Å². The number of nitrogens with two attached hydrogens (primary N) is 1. The van der Waals surface area contributed by atoms with Crippen LogP contribution in [0, 0.1) is 0 Å². The minimum atomic E-state index is 0.319. The van der Waals surface area contributed by atoms with Crippen LogP contribution in [0.2, 0.25) is 0 Å². The summed E-state index contributed by atoms with van der Waals surface area (Å²) in [5.74, 6) is 0.884. The Morgan fingerprint density at radius 2 is 2.24 bits per heavy atom. The predicted molar refractivity (Wildman–Crippen MR) is 61.7 cm³/mol. The van der Waals surface area contributed by atoms with Crippen molar-refractivity contribution in [1.29, 1.82) is 0 Å². The maximum Gasteiger partial charge on any atom is 0.181 e. The molecule has 3 rings (SSSR count). The number of H-pyrrole nitrogens is 1. The van der Waals surface area contributed by atoms with Gasteiger partial charge in [0.25, 0.3) is 0 Å². The topological polar surface area (TPSA) is 93.6 Å². The lowest BCUT2D eigenvalue weighted by molar-refractivity contribution is 0.436. The minimum absolute atomic E-state index is 0.319. The zero-order valence-electron chi connectivity index (χ0n) is 8.79. The zero-order chi connectivity index (χ0) is 11.7. The summed E-state index contributed by atoms with van der Waals surface area (Å²) in [5, 5.41) is 10.4. The first-order valence-corrected chi connectivity index (χ1v) is 5.02. The molecule has 0 saturated heterocycles. The number of nitrogens with one attached hydrogen (secondary N) is 1. The van der Waals surface area contributed by atoms with Gasteiger partial charge in [-0.25, -0.2) is 0 Å². The molecule has 0 fully saturated rings. The molecule has 0 aromatic carbocycles. The van der Waals surface area contributed by atoms with E-state index < -0.39 is 0 Å². The summed E-state index contributed by atoms with van der Waals surface area (Å²) in [7, 11) is 0. The van der Waals surface area contributed by atoms with Gasteiger partial charge in [-0.2, -0.15) is 5.10 Å². The van der Waals surface area contributed by atoms with Crippen LogP contribution in [0.4, 0.5) is 5.82 Å². The van der Waals surface area contributed by atoms with Crippen LogP contribution < -0.4 is 5.73 Å². The summed E-state index contributed by atoms with van der Waals surface area (Å²) in [6, 6.07) is 5.57. The van der Waals surface area contributed by atoms with Gasteiger partial charge in [0.2, 0.25) is 0 Å². The molecular formula is C11H9N5O. The number of nitrogens with zero attached hydrogens (tertiary/aromatic N) is 3. The average molecular weight is 227 g/mol. The van der Waals surface area contributed by atoms with Gasteiger partial charge in [-0.15, -0.1) is 0 Å². The van der Waals surface area contributed by atoms with Gasteiger partial charge in [0.15, 0.2) is 11.6 Å². The van der Waals surface area contributed by atoms with Crippen molar-refractivity contribution in [2.24, 2.45) is 0 Å². The van der Waals surface area contributed by atoms with Gasteiger partial charge in [-0.3, -0.25) is 10.1 Å². The van der Waals surface area contributed by atoms with Crippen molar-refractivity contribution in [2.75, 3.05) is 5.73 Å². The standard InChI is InChI=1S/C11H9N5O/c12-11-9(8-3-1-2-4-13-8)10(17-16-11)7-5-14-15-6-7/h1-6H,(H2,12,16)(H,14,15). The van der Waals surface area contributed by atoms with Crippen LogP contribution in [0.5, 0.6) is 0 Å². The van der Waals surface area contributed by atoms with E-state index in [0.29, 0.717) is 17.1 Å². The molecule has 6 nitrogen and oxygen atoms in total. The van der Waals surface area contributed by atoms with Crippen molar-refractivity contribution in [1.82, 2.24) is 20.3 Å². The van der Waals surface area contributed by atoms with Gasteiger partial charge in [0, 0.05) is 12.4 Å². The molecule has 17 heavy (non-hydrogen) atoms. The fourth-order valence-electron chi connectivity index (χ4n) is 1.63. The summed E-state index contributed by atoms with van der Waals surface area (Å²) >= 11 is 0. The van der Waals surface area contributed by atoms with E-state index in [9.17, 15) is 0 Å². The molecule has 0 unspecified atom stereocenters. The van der Waals surface area contributed by atoms with Crippen molar-refractivity contribution < 1.29 is 4.52 Å². The van der Waals surface area contributed by atoms with Crippen molar-refractivity contribution in [3.8, 4) is 22.6 Å². The van der Waals surface area contributed by atoms with E-state index in [1.165, 1.54) is 0 Å². The van der Waals surface area contributed by atoms with Gasteiger partial charge < -0.3 is 10.3 Å². The van der Waals surface area contributed by atoms with Gasteiger partial charge >= 0.3 is 0 Å². The highest BCUT2D eigenvalue weighted by Crippen LogP contribution is 2.34. The molecular weight excluding hydrogens is 218 g/mol. The van der Waals surface area contributed by atoms with Crippen LogP contribution in [0.3, 0.4) is 0 Å². The van der Waals surface area contributed by atoms with E-state index >= 15 is 0 Å². The number of aromatic amines is 1. The normalized spacial score (nSPS) is 10.6. The second-order valence-electron chi connectivity index (χ2n) is 3.47. The molecule has 0 bridgehead atoms. The summed E-state index contributed by atoms with van der Waals surface area (Å²) in [5.41, 5.74) is 8.00. The highest BCUT2D eigenvalue weighted by molar-refractivity contribution is 5.84. The van der Waals surface area contributed by atoms with Gasteiger partial charge in [0.05, 0.1) is 23.0 Å². The van der Waals surface area contributed by atoms with E-state index in [1.807, 2.05) is 18.2 Å². The number of anilines is 1. The molecule has 0 aliphatic heterocycles. The van der Waals surface area contributed by atoms with Gasteiger partial charge in [0.1, 0.15) is 0 Å². The summed E-state index contributed by atoms with van der Waals surface area (Å²) < 4.78 is 5.22. The minimum Gasteiger partial charge on any atom is -0.380 e. The van der Waals surface area contributed by atoms with Crippen LogP contribution in [-0.4, -0.2) is 20.3 Å². The lowest BCUT2D eigenvalue weighted by Crippen LogP contribution is -1.90. The van der Waals surface area contributed by atoms with E-state index in [-0.39, 0.29) is 0 Å². The second-order valence-corrected chi connectivity index (χ2v) is 3.47. The summed E-state index contributed by atoms with van der Waals surface area (Å²) in [4.78, 5) is 4.24. The smallest absolute Gasteiger partial charge is 0.181 e. The lowest BCUT2D eigenvalue weighted by Gasteiger charge is -1.98. The van der Waals surface area contributed by atoms with E-state index in [4.69, 9.17) is 10.3 Å². The molecule has 84 valence electrons. The second kappa shape index (κ2) is 3.75. The van der Waals surface area contributed by atoms with Crippen LogP contribution in [0.15, 0.2) is 41.3 Å². The Morgan fingerprint density at radius 3 is 2.94 bits per heavy atom. The van der Waals surface area contributed by atoms with E-state index in [0.717, 1.165) is 11.3 Å². The molecule has 3 heterocycles. The SMILES string of the molecule is Nc1noc(-c2cn[nH]c2)c1-c1ccccn1. The van der Waals surface area contributed by atoms with Crippen LogP contribution in [0.25, 0.3) is 22.6 Å². The van der Waals surface area contributed by atoms with Crippen LogP contribution in [-0.2, 0) is 0 Å². The van der Waals surface area contributed by atoms with Gasteiger partial charge in [-0.05, 0) is 12.1 Å². The number of hydrogen-bond donors (Lipinski definition) is 2. The first-order chi connectivity index (χ1) is 8.36. The lowest BCUT2D eigenvalue weighted by atomic mass is 10.1. The fraction of sp³-hybridized carbons (Fsp3) is 0. The number of rotatable bonds is 2. The maximum absolute atomic E-state index is 5.80. The van der Waals surface area contributed by atoms with E-state index in [1.54, 1.807) is 18.6 Å². The third-order valence-corrected chi connectivity index (χ3v) is 2.40. The third kappa shape index (κ3) is 1.55. The molecule has 0 saturated carbocycles. The number of nitrogen functional groups attached to an aromatic ring is 1. The fourth-order valence-corrected chi connectivity index (χ4v) is 1.63. The number of hydrogen-bond acceptors (Lipinski definition) is 5. The Morgan fingerprint density at radius 1 is 1.29 bits per heavy atom. The molecule has 3 aromatic rings. The third-order valence-electron chi connectivity index (χ3n) is 2.40. The highest BCUT2D eigenvalue weighted by atomic mass is 16.5. The maximum atomic E-state index is 5.80. The Kier molecular flexibility index (Phi) is 2.11. The van der Waals surface area contributed by atoms with Crippen LogP contribution in [0.1, 0.15) is 0 Å². The Bertz CT molecular complexity index is 615. The first-order valence-electron chi connectivity index (χ1n) is 5.02. The monoisotopic (exact) mass is 227 g/mol.